The molecule has 2 aromatic carbocycles. The normalized spacial score (nSPS) is 17.1. The zero-order valence-corrected chi connectivity index (χ0v) is 19.8. The van der Waals surface area contributed by atoms with Crippen LogP contribution in [0.3, 0.4) is 0 Å². The van der Waals surface area contributed by atoms with Crippen molar-refractivity contribution in [3.05, 3.63) is 86.9 Å². The Labute approximate surface area is 206 Å². The maximum Gasteiger partial charge on any atom is 0.350 e. The lowest BCUT2D eigenvalue weighted by atomic mass is 9.75. The van der Waals surface area contributed by atoms with E-state index in [2.05, 4.69) is 10.1 Å². The summed E-state index contributed by atoms with van der Waals surface area (Å²) in [6, 6.07) is 7.31. The molecule has 0 atom stereocenters. The third-order valence-corrected chi connectivity index (χ3v) is 7.34. The molecular weight excluding hydrogens is 495 g/mol. The second-order valence-electron chi connectivity index (χ2n) is 8.56. The summed E-state index contributed by atoms with van der Waals surface area (Å²) in [6.45, 7) is 1.38. The molecule has 1 fully saturated rings. The molecule has 5 rings (SSSR count). The van der Waals surface area contributed by atoms with Gasteiger partial charge in [-0.3, -0.25) is 9.36 Å². The summed E-state index contributed by atoms with van der Waals surface area (Å²) in [5.74, 6) is -2.71. The molecule has 36 heavy (non-hydrogen) atoms. The molecule has 1 aliphatic carbocycles. The highest BCUT2D eigenvalue weighted by Crippen LogP contribution is 2.45. The van der Waals surface area contributed by atoms with Gasteiger partial charge in [-0.25, -0.2) is 22.9 Å². The number of aromatic nitrogens is 4. The maximum absolute atomic E-state index is 14.9. The van der Waals surface area contributed by atoms with Gasteiger partial charge in [0.2, 0.25) is 11.0 Å². The van der Waals surface area contributed by atoms with Gasteiger partial charge in [-0.1, -0.05) is 17.4 Å². The van der Waals surface area contributed by atoms with E-state index < -0.39 is 23.1 Å². The SMILES string of the molecule is Cc1nc(C2CC(C(N)=O)C2)sc1Oc1ccc(-n2ncn(Cc3c(F)cccc3F)c2=O)cc1F. The summed E-state index contributed by atoms with van der Waals surface area (Å²) in [4.78, 5) is 28.5. The van der Waals surface area contributed by atoms with Gasteiger partial charge in [-0.15, -0.1) is 0 Å². The first-order valence-corrected chi connectivity index (χ1v) is 11.8. The molecule has 2 N–H and O–H groups in total. The second-order valence-corrected chi connectivity index (χ2v) is 9.56. The van der Waals surface area contributed by atoms with Crippen LogP contribution in [0.1, 0.15) is 35.0 Å². The van der Waals surface area contributed by atoms with Crippen LogP contribution in [-0.4, -0.2) is 25.2 Å². The van der Waals surface area contributed by atoms with E-state index in [1.165, 1.54) is 29.5 Å². The largest absolute Gasteiger partial charge is 0.442 e. The summed E-state index contributed by atoms with van der Waals surface area (Å²) < 4.78 is 50.5. The summed E-state index contributed by atoms with van der Waals surface area (Å²) in [5.41, 5.74) is 5.07. The lowest BCUT2D eigenvalue weighted by Gasteiger charge is -2.31. The minimum atomic E-state index is -0.784. The quantitative estimate of drug-likeness (QED) is 0.400. The fourth-order valence-corrected chi connectivity index (χ4v) is 5.06. The van der Waals surface area contributed by atoms with Crippen LogP contribution in [0.15, 0.2) is 47.5 Å². The Bertz CT molecular complexity index is 1500. The number of rotatable bonds is 7. The second kappa shape index (κ2) is 9.26. The molecule has 1 amide bonds. The van der Waals surface area contributed by atoms with Gasteiger partial charge in [0.1, 0.15) is 18.0 Å². The Morgan fingerprint density at radius 1 is 1.17 bits per heavy atom. The predicted octanol–water partition coefficient (Wildman–Crippen LogP) is 4.04. The van der Waals surface area contributed by atoms with Crippen LogP contribution in [-0.2, 0) is 11.3 Å². The average Bonchev–Trinajstić information content (AvgIpc) is 3.33. The van der Waals surface area contributed by atoms with Gasteiger partial charge in [0.05, 0.1) is 22.9 Å². The highest BCUT2D eigenvalue weighted by atomic mass is 32.1. The molecule has 0 bridgehead atoms. The van der Waals surface area contributed by atoms with Crippen LogP contribution in [0.4, 0.5) is 13.2 Å². The zero-order chi connectivity index (χ0) is 25.6. The van der Waals surface area contributed by atoms with Crippen molar-refractivity contribution in [2.45, 2.75) is 32.2 Å². The van der Waals surface area contributed by atoms with Crippen LogP contribution in [0.5, 0.6) is 10.8 Å². The van der Waals surface area contributed by atoms with E-state index in [9.17, 15) is 22.8 Å². The number of amides is 1. The van der Waals surface area contributed by atoms with E-state index in [1.54, 1.807) is 6.92 Å². The van der Waals surface area contributed by atoms with Gasteiger partial charge in [0.15, 0.2) is 11.6 Å². The van der Waals surface area contributed by atoms with E-state index >= 15 is 0 Å². The number of ether oxygens (including phenoxy) is 1. The Hall–Kier alpha value is -3.93. The number of halogens is 3. The standard InChI is InChI=1S/C24H20F3N5O3S/c1-12-23(36-22(30-12)14-7-13(8-14)21(28)33)35-20-6-5-15(9-19(20)27)32-24(34)31(11-29-32)10-16-17(25)3-2-4-18(16)26/h2-6,9,11,13-14H,7-8,10H2,1H3,(H2,28,33). The highest BCUT2D eigenvalue weighted by Gasteiger charge is 2.36. The van der Waals surface area contributed by atoms with Gasteiger partial charge in [-0.05, 0) is 44.0 Å². The van der Waals surface area contributed by atoms with E-state index in [0.717, 1.165) is 38.8 Å². The number of thiazole rings is 1. The number of nitrogens with two attached hydrogens (primary N) is 1. The first kappa shape index (κ1) is 23.8. The molecule has 2 heterocycles. The monoisotopic (exact) mass is 515 g/mol. The van der Waals surface area contributed by atoms with Crippen molar-refractivity contribution < 1.29 is 22.7 Å². The average molecular weight is 516 g/mol. The summed E-state index contributed by atoms with van der Waals surface area (Å²) in [5, 5.41) is 5.17. The van der Waals surface area contributed by atoms with Crippen molar-refractivity contribution in [1.29, 1.82) is 0 Å². The number of aryl methyl sites for hydroxylation is 1. The van der Waals surface area contributed by atoms with Gasteiger partial charge in [0.25, 0.3) is 0 Å². The van der Waals surface area contributed by atoms with Crippen LogP contribution >= 0.6 is 11.3 Å². The molecule has 0 aliphatic heterocycles. The molecule has 4 aromatic rings. The van der Waals surface area contributed by atoms with Crippen LogP contribution in [0.25, 0.3) is 5.69 Å². The third-order valence-electron chi connectivity index (χ3n) is 6.15. The molecule has 0 saturated heterocycles. The van der Waals surface area contributed by atoms with E-state index in [0.29, 0.717) is 23.6 Å². The first-order chi connectivity index (χ1) is 17.2. The lowest BCUT2D eigenvalue weighted by molar-refractivity contribution is -0.124. The lowest BCUT2D eigenvalue weighted by Crippen LogP contribution is -2.33. The molecule has 0 radical (unpaired) electrons. The molecule has 8 nitrogen and oxygen atoms in total. The molecule has 186 valence electrons. The molecular formula is C24H20F3N5O3S. The summed E-state index contributed by atoms with van der Waals surface area (Å²) >= 11 is 1.29. The van der Waals surface area contributed by atoms with Crippen molar-refractivity contribution in [2.24, 2.45) is 11.7 Å². The zero-order valence-electron chi connectivity index (χ0n) is 19.0. The summed E-state index contributed by atoms with van der Waals surface area (Å²) in [7, 11) is 0. The minimum Gasteiger partial charge on any atom is -0.442 e. The van der Waals surface area contributed by atoms with Crippen molar-refractivity contribution in [3.63, 3.8) is 0 Å². The third kappa shape index (κ3) is 4.39. The fourth-order valence-electron chi connectivity index (χ4n) is 4.00. The Morgan fingerprint density at radius 2 is 1.89 bits per heavy atom. The Morgan fingerprint density at radius 3 is 2.56 bits per heavy atom. The Balaban J connectivity index is 1.33. The predicted molar refractivity (Wildman–Crippen MR) is 125 cm³/mol. The molecule has 0 unspecified atom stereocenters. The topological polar surface area (TPSA) is 105 Å². The van der Waals surface area contributed by atoms with Crippen LogP contribution in [0.2, 0.25) is 0 Å². The minimum absolute atomic E-state index is 0.0680. The van der Waals surface area contributed by atoms with Crippen molar-refractivity contribution in [1.82, 2.24) is 19.3 Å². The van der Waals surface area contributed by atoms with E-state index in [4.69, 9.17) is 10.5 Å². The van der Waals surface area contributed by atoms with E-state index in [1.807, 2.05) is 0 Å². The van der Waals surface area contributed by atoms with Gasteiger partial charge in [-0.2, -0.15) is 9.78 Å². The van der Waals surface area contributed by atoms with Crippen molar-refractivity contribution >= 4 is 17.2 Å². The number of primary amides is 1. The Kier molecular flexibility index (Phi) is 6.12. The number of hydrogen-bond donors (Lipinski definition) is 1. The summed E-state index contributed by atoms with van der Waals surface area (Å²) in [6.07, 6.45) is 2.40. The van der Waals surface area contributed by atoms with Crippen molar-refractivity contribution in [2.75, 3.05) is 0 Å². The van der Waals surface area contributed by atoms with Gasteiger partial charge >= 0.3 is 5.69 Å². The number of carbonyl (C=O) groups is 1. The van der Waals surface area contributed by atoms with Gasteiger partial charge in [0, 0.05) is 23.5 Å². The van der Waals surface area contributed by atoms with E-state index in [-0.39, 0.29) is 41.3 Å². The van der Waals surface area contributed by atoms with Crippen LogP contribution in [0, 0.1) is 30.3 Å². The number of carbonyl (C=O) groups excluding carboxylic acids is 1. The number of nitrogens with zero attached hydrogens (tertiary/aromatic N) is 4. The smallest absolute Gasteiger partial charge is 0.350 e. The number of hydrogen-bond acceptors (Lipinski definition) is 6. The molecule has 1 aliphatic rings. The fraction of sp³-hybridized carbons (Fsp3) is 0.250. The maximum atomic E-state index is 14.9. The van der Waals surface area contributed by atoms with Gasteiger partial charge < -0.3 is 10.5 Å². The van der Waals surface area contributed by atoms with Crippen LogP contribution < -0.4 is 16.2 Å². The molecule has 2 aromatic heterocycles. The molecule has 1 saturated carbocycles. The molecule has 12 heteroatoms. The first-order valence-electron chi connectivity index (χ1n) is 11.0. The molecule has 0 spiro atoms. The highest BCUT2D eigenvalue weighted by molar-refractivity contribution is 7.13. The van der Waals surface area contributed by atoms with Crippen molar-refractivity contribution in [3.8, 4) is 16.5 Å². The number of benzene rings is 2.